The molecule has 0 unspecified atom stereocenters. The van der Waals surface area contributed by atoms with E-state index in [1.165, 1.54) is 7.11 Å². The van der Waals surface area contributed by atoms with Crippen LogP contribution in [-0.2, 0) is 25.5 Å². The Balaban J connectivity index is 1.82. The molecule has 1 heterocycles. The first-order valence-electron chi connectivity index (χ1n) is 8.21. The number of carbonyl (C=O) groups excluding carboxylic acids is 2. The fraction of sp³-hybridized carbons (Fsp3) is 0.556. The van der Waals surface area contributed by atoms with Gasteiger partial charge >= 0.3 is 5.97 Å². The summed E-state index contributed by atoms with van der Waals surface area (Å²) in [5, 5.41) is 0. The zero-order chi connectivity index (χ0) is 17.4. The standard InChI is InChI=1S/C18H25NO5/c1-22-15-6-3-5-14(11-15)12-16-13-19(9-10-24-16)17(20)7-4-8-18(21)23-2/h3,5-6,11,16H,4,7-10,12-13H2,1-2H3/t16-/m1/s1. The van der Waals surface area contributed by atoms with Crippen molar-refractivity contribution >= 4 is 11.9 Å². The normalized spacial score (nSPS) is 17.4. The highest BCUT2D eigenvalue weighted by atomic mass is 16.5. The van der Waals surface area contributed by atoms with Crippen molar-refractivity contribution in [2.24, 2.45) is 0 Å². The van der Waals surface area contributed by atoms with E-state index < -0.39 is 0 Å². The van der Waals surface area contributed by atoms with Gasteiger partial charge in [0.15, 0.2) is 0 Å². The van der Waals surface area contributed by atoms with Crippen molar-refractivity contribution in [3.8, 4) is 5.75 Å². The molecule has 132 valence electrons. The lowest BCUT2D eigenvalue weighted by atomic mass is 10.1. The molecule has 6 nitrogen and oxygen atoms in total. The lowest BCUT2D eigenvalue weighted by molar-refractivity contribution is -0.141. The molecule has 1 aliphatic heterocycles. The molecule has 6 heteroatoms. The first-order valence-corrected chi connectivity index (χ1v) is 8.21. The number of rotatable bonds is 7. The van der Waals surface area contributed by atoms with Gasteiger partial charge in [0.25, 0.3) is 0 Å². The summed E-state index contributed by atoms with van der Waals surface area (Å²) in [4.78, 5) is 25.2. The Labute approximate surface area is 142 Å². The van der Waals surface area contributed by atoms with Gasteiger partial charge in [-0.15, -0.1) is 0 Å². The highest BCUT2D eigenvalue weighted by Crippen LogP contribution is 2.17. The van der Waals surface area contributed by atoms with Gasteiger partial charge < -0.3 is 19.1 Å². The van der Waals surface area contributed by atoms with Crippen LogP contribution >= 0.6 is 0 Å². The number of methoxy groups -OCH3 is 2. The van der Waals surface area contributed by atoms with Gasteiger partial charge in [0, 0.05) is 32.4 Å². The van der Waals surface area contributed by atoms with Crippen LogP contribution in [0.3, 0.4) is 0 Å². The number of ether oxygens (including phenoxy) is 3. The first kappa shape index (κ1) is 18.3. The van der Waals surface area contributed by atoms with Crippen molar-refractivity contribution in [1.29, 1.82) is 0 Å². The van der Waals surface area contributed by atoms with Gasteiger partial charge in [0.2, 0.25) is 5.91 Å². The Morgan fingerprint density at radius 1 is 1.29 bits per heavy atom. The summed E-state index contributed by atoms with van der Waals surface area (Å²) >= 11 is 0. The second kappa shape index (κ2) is 9.27. The third-order valence-corrected chi connectivity index (χ3v) is 4.09. The van der Waals surface area contributed by atoms with Crippen LogP contribution in [0, 0.1) is 0 Å². The van der Waals surface area contributed by atoms with E-state index in [2.05, 4.69) is 4.74 Å². The topological polar surface area (TPSA) is 65.1 Å². The summed E-state index contributed by atoms with van der Waals surface area (Å²) < 4.78 is 15.6. The van der Waals surface area contributed by atoms with Gasteiger partial charge in [-0.3, -0.25) is 9.59 Å². The molecule has 1 fully saturated rings. The fourth-order valence-electron chi connectivity index (χ4n) is 2.78. The van der Waals surface area contributed by atoms with E-state index >= 15 is 0 Å². The smallest absolute Gasteiger partial charge is 0.305 e. The maximum Gasteiger partial charge on any atom is 0.305 e. The predicted octanol–water partition coefficient (Wildman–Crippen LogP) is 1.81. The number of hydrogen-bond donors (Lipinski definition) is 0. The average Bonchev–Trinajstić information content (AvgIpc) is 2.61. The molecule has 0 radical (unpaired) electrons. The summed E-state index contributed by atoms with van der Waals surface area (Å²) in [6.07, 6.45) is 1.88. The number of nitrogens with zero attached hydrogens (tertiary/aromatic N) is 1. The van der Waals surface area contributed by atoms with Crippen LogP contribution in [0.2, 0.25) is 0 Å². The largest absolute Gasteiger partial charge is 0.497 e. The lowest BCUT2D eigenvalue weighted by Crippen LogP contribution is -2.46. The zero-order valence-corrected chi connectivity index (χ0v) is 14.3. The van der Waals surface area contributed by atoms with Crippen LogP contribution in [0.4, 0.5) is 0 Å². The number of hydrogen-bond acceptors (Lipinski definition) is 5. The van der Waals surface area contributed by atoms with E-state index in [-0.39, 0.29) is 24.4 Å². The van der Waals surface area contributed by atoms with Crippen LogP contribution < -0.4 is 4.74 Å². The van der Waals surface area contributed by atoms with E-state index in [1.54, 1.807) is 7.11 Å². The average molecular weight is 335 g/mol. The van der Waals surface area contributed by atoms with Gasteiger partial charge in [-0.05, 0) is 24.1 Å². The van der Waals surface area contributed by atoms with Crippen molar-refractivity contribution in [1.82, 2.24) is 4.90 Å². The molecule has 2 rings (SSSR count). The van der Waals surface area contributed by atoms with Crippen LogP contribution in [0.5, 0.6) is 5.75 Å². The molecular formula is C18H25NO5. The Morgan fingerprint density at radius 3 is 2.88 bits per heavy atom. The van der Waals surface area contributed by atoms with E-state index in [1.807, 2.05) is 29.2 Å². The van der Waals surface area contributed by atoms with Gasteiger partial charge in [-0.1, -0.05) is 12.1 Å². The van der Waals surface area contributed by atoms with Crippen LogP contribution in [0.25, 0.3) is 0 Å². The minimum atomic E-state index is -0.277. The van der Waals surface area contributed by atoms with Crippen molar-refractivity contribution in [2.45, 2.75) is 31.8 Å². The number of benzene rings is 1. The molecule has 0 aliphatic carbocycles. The zero-order valence-electron chi connectivity index (χ0n) is 14.3. The Hall–Kier alpha value is -2.08. The summed E-state index contributed by atoms with van der Waals surface area (Å²) in [6, 6.07) is 7.87. The number of carbonyl (C=O) groups is 2. The van der Waals surface area contributed by atoms with E-state index in [9.17, 15) is 9.59 Å². The summed E-state index contributed by atoms with van der Waals surface area (Å²) in [6.45, 7) is 1.72. The second-order valence-electron chi connectivity index (χ2n) is 5.82. The molecule has 0 N–H and O–H groups in total. The predicted molar refractivity (Wildman–Crippen MR) is 88.9 cm³/mol. The highest BCUT2D eigenvalue weighted by Gasteiger charge is 2.24. The van der Waals surface area contributed by atoms with Gasteiger partial charge in [-0.2, -0.15) is 0 Å². The third-order valence-electron chi connectivity index (χ3n) is 4.09. The van der Waals surface area contributed by atoms with Crippen molar-refractivity contribution < 1.29 is 23.8 Å². The van der Waals surface area contributed by atoms with E-state index in [0.717, 1.165) is 17.7 Å². The summed E-state index contributed by atoms with van der Waals surface area (Å²) in [7, 11) is 3.00. The van der Waals surface area contributed by atoms with Gasteiger partial charge in [-0.25, -0.2) is 0 Å². The van der Waals surface area contributed by atoms with Gasteiger partial charge in [0.05, 0.1) is 26.9 Å². The maximum atomic E-state index is 12.3. The number of amides is 1. The Morgan fingerprint density at radius 2 is 2.12 bits per heavy atom. The Kier molecular flexibility index (Phi) is 7.06. The van der Waals surface area contributed by atoms with E-state index in [4.69, 9.17) is 9.47 Å². The minimum absolute atomic E-state index is 0.0181. The SMILES string of the molecule is COC(=O)CCCC(=O)N1CCO[C@H](Cc2cccc(OC)c2)C1. The molecule has 24 heavy (non-hydrogen) atoms. The monoisotopic (exact) mass is 335 g/mol. The Bertz CT molecular complexity index is 560. The molecule has 1 saturated heterocycles. The molecular weight excluding hydrogens is 310 g/mol. The summed E-state index contributed by atoms with van der Waals surface area (Å²) in [5.41, 5.74) is 1.12. The van der Waals surface area contributed by atoms with Crippen LogP contribution in [-0.4, -0.2) is 56.8 Å². The van der Waals surface area contributed by atoms with Crippen molar-refractivity contribution in [2.75, 3.05) is 33.9 Å². The van der Waals surface area contributed by atoms with E-state index in [0.29, 0.717) is 32.5 Å². The molecule has 0 saturated carbocycles. The lowest BCUT2D eigenvalue weighted by Gasteiger charge is -2.33. The molecule has 0 aromatic heterocycles. The molecule has 1 aliphatic rings. The number of esters is 1. The van der Waals surface area contributed by atoms with Crippen LogP contribution in [0.15, 0.2) is 24.3 Å². The minimum Gasteiger partial charge on any atom is -0.497 e. The molecule has 1 aromatic rings. The molecule has 0 bridgehead atoms. The van der Waals surface area contributed by atoms with Gasteiger partial charge in [0.1, 0.15) is 5.75 Å². The molecule has 1 aromatic carbocycles. The van der Waals surface area contributed by atoms with Crippen molar-refractivity contribution in [3.63, 3.8) is 0 Å². The third kappa shape index (κ3) is 5.53. The maximum absolute atomic E-state index is 12.3. The molecule has 1 atom stereocenters. The number of morpholine rings is 1. The fourth-order valence-corrected chi connectivity index (χ4v) is 2.78. The molecule has 1 amide bonds. The second-order valence-corrected chi connectivity index (χ2v) is 5.82. The first-order chi connectivity index (χ1) is 11.6. The van der Waals surface area contributed by atoms with Crippen LogP contribution in [0.1, 0.15) is 24.8 Å². The summed E-state index contributed by atoms with van der Waals surface area (Å²) in [5.74, 6) is 0.609. The molecule has 0 spiro atoms. The highest BCUT2D eigenvalue weighted by molar-refractivity contribution is 5.77. The van der Waals surface area contributed by atoms with Crippen molar-refractivity contribution in [3.05, 3.63) is 29.8 Å². The quantitative estimate of drug-likeness (QED) is 0.711.